The van der Waals surface area contributed by atoms with Gasteiger partial charge in [-0.25, -0.2) is 0 Å². The number of hydrogen-bond acceptors (Lipinski definition) is 4. The van der Waals surface area contributed by atoms with E-state index >= 15 is 0 Å². The van der Waals surface area contributed by atoms with E-state index in [1.165, 1.54) is 7.11 Å². The number of ether oxygens (including phenoxy) is 2. The summed E-state index contributed by atoms with van der Waals surface area (Å²) in [5.74, 6) is 0.576. The first-order valence-corrected chi connectivity index (χ1v) is 9.68. The SMILES string of the molecule is COC(=O)Cc1csc2c(C)c(OCc3ccc(Cl)cc3Cl)cc(C)c12. The third-order valence-electron chi connectivity index (χ3n) is 4.28. The van der Waals surface area contributed by atoms with Gasteiger partial charge < -0.3 is 9.47 Å². The van der Waals surface area contributed by atoms with Gasteiger partial charge >= 0.3 is 5.97 Å². The number of benzene rings is 2. The molecule has 3 nitrogen and oxygen atoms in total. The molecule has 0 fully saturated rings. The molecule has 0 saturated carbocycles. The van der Waals surface area contributed by atoms with Crippen LogP contribution in [-0.4, -0.2) is 13.1 Å². The number of aryl methyl sites for hydroxylation is 2. The van der Waals surface area contributed by atoms with Gasteiger partial charge in [0, 0.05) is 25.9 Å². The van der Waals surface area contributed by atoms with Gasteiger partial charge in [-0.15, -0.1) is 11.3 Å². The van der Waals surface area contributed by atoms with Crippen LogP contribution in [0.25, 0.3) is 10.1 Å². The lowest BCUT2D eigenvalue weighted by atomic mass is 10.0. The van der Waals surface area contributed by atoms with Crippen molar-refractivity contribution in [3.8, 4) is 5.75 Å². The first-order valence-electron chi connectivity index (χ1n) is 8.04. The zero-order chi connectivity index (χ0) is 18.8. The van der Waals surface area contributed by atoms with Crippen LogP contribution in [0.2, 0.25) is 10.0 Å². The van der Waals surface area contributed by atoms with Crippen molar-refractivity contribution in [3.63, 3.8) is 0 Å². The van der Waals surface area contributed by atoms with Gasteiger partial charge in [-0.2, -0.15) is 0 Å². The van der Waals surface area contributed by atoms with Crippen LogP contribution in [0.5, 0.6) is 5.75 Å². The zero-order valence-electron chi connectivity index (χ0n) is 14.7. The maximum atomic E-state index is 11.6. The molecule has 2 aromatic carbocycles. The van der Waals surface area contributed by atoms with Crippen LogP contribution in [0.4, 0.5) is 0 Å². The Labute approximate surface area is 166 Å². The highest BCUT2D eigenvalue weighted by atomic mass is 35.5. The average molecular weight is 409 g/mol. The van der Waals surface area contributed by atoms with Crippen LogP contribution < -0.4 is 4.74 Å². The molecule has 0 saturated heterocycles. The van der Waals surface area contributed by atoms with Crippen LogP contribution >= 0.6 is 34.5 Å². The summed E-state index contributed by atoms with van der Waals surface area (Å²) < 4.78 is 12.0. The van der Waals surface area contributed by atoms with Crippen molar-refractivity contribution in [1.29, 1.82) is 0 Å². The van der Waals surface area contributed by atoms with Gasteiger partial charge in [0.1, 0.15) is 12.4 Å². The molecular weight excluding hydrogens is 391 g/mol. The van der Waals surface area contributed by atoms with Crippen LogP contribution in [0.15, 0.2) is 29.6 Å². The Bertz CT molecular complexity index is 979. The molecule has 0 bridgehead atoms. The van der Waals surface area contributed by atoms with Gasteiger partial charge in [0.15, 0.2) is 0 Å². The normalized spacial score (nSPS) is 11.0. The number of fused-ring (bicyclic) bond motifs is 1. The number of esters is 1. The number of methoxy groups -OCH3 is 1. The van der Waals surface area contributed by atoms with E-state index in [-0.39, 0.29) is 12.4 Å². The maximum absolute atomic E-state index is 11.6. The molecule has 3 aromatic rings. The van der Waals surface area contributed by atoms with E-state index in [1.807, 2.05) is 31.4 Å². The monoisotopic (exact) mass is 408 g/mol. The predicted octanol–water partition coefficient (Wildman–Crippen LogP) is 6.12. The Kier molecular flexibility index (Phi) is 5.76. The Hall–Kier alpha value is -1.75. The van der Waals surface area contributed by atoms with Crippen molar-refractivity contribution in [1.82, 2.24) is 0 Å². The number of carbonyl (C=O) groups excluding carboxylic acids is 1. The minimum absolute atomic E-state index is 0.237. The first-order chi connectivity index (χ1) is 12.4. The van der Waals surface area contributed by atoms with Crippen molar-refractivity contribution >= 4 is 50.6 Å². The summed E-state index contributed by atoms with van der Waals surface area (Å²) in [6.07, 6.45) is 0.275. The van der Waals surface area contributed by atoms with E-state index < -0.39 is 0 Å². The summed E-state index contributed by atoms with van der Waals surface area (Å²) in [5.41, 5.74) is 4.00. The smallest absolute Gasteiger partial charge is 0.310 e. The summed E-state index contributed by atoms with van der Waals surface area (Å²) in [5, 5.41) is 4.31. The molecule has 0 amide bonds. The van der Waals surface area contributed by atoms with Crippen LogP contribution in [-0.2, 0) is 22.6 Å². The second kappa shape index (κ2) is 7.87. The summed E-state index contributed by atoms with van der Waals surface area (Å²) >= 11 is 13.8. The van der Waals surface area contributed by atoms with Crippen LogP contribution in [0.3, 0.4) is 0 Å². The molecule has 6 heteroatoms. The summed E-state index contributed by atoms with van der Waals surface area (Å²) in [7, 11) is 1.41. The standard InChI is InChI=1S/C20H18Cl2O3S/c1-11-6-17(25-9-13-4-5-15(21)8-16(13)22)12(2)20-19(11)14(10-26-20)7-18(23)24-3/h4-6,8,10H,7,9H2,1-3H3. The lowest BCUT2D eigenvalue weighted by Crippen LogP contribution is -2.04. The number of rotatable bonds is 5. The highest BCUT2D eigenvalue weighted by molar-refractivity contribution is 7.17. The molecule has 0 radical (unpaired) electrons. The van der Waals surface area contributed by atoms with Crippen molar-refractivity contribution in [2.75, 3.05) is 7.11 Å². The topological polar surface area (TPSA) is 35.5 Å². The number of hydrogen-bond donors (Lipinski definition) is 0. The number of thiophene rings is 1. The largest absolute Gasteiger partial charge is 0.489 e. The molecular formula is C20H18Cl2O3S. The van der Waals surface area contributed by atoms with Gasteiger partial charge in [-0.1, -0.05) is 29.3 Å². The quantitative estimate of drug-likeness (QED) is 0.477. The Morgan fingerprint density at radius 3 is 2.62 bits per heavy atom. The van der Waals surface area contributed by atoms with Gasteiger partial charge in [-0.05, 0) is 53.9 Å². The highest BCUT2D eigenvalue weighted by Gasteiger charge is 2.16. The summed E-state index contributed by atoms with van der Waals surface area (Å²) in [6.45, 7) is 4.42. The van der Waals surface area contributed by atoms with Gasteiger partial charge in [0.2, 0.25) is 0 Å². The number of halogens is 2. The molecule has 1 aromatic heterocycles. The Morgan fingerprint density at radius 2 is 1.92 bits per heavy atom. The molecule has 26 heavy (non-hydrogen) atoms. The molecule has 136 valence electrons. The highest BCUT2D eigenvalue weighted by Crippen LogP contribution is 2.37. The Balaban J connectivity index is 1.90. The number of carbonyl (C=O) groups is 1. The van der Waals surface area contributed by atoms with Crippen LogP contribution in [0.1, 0.15) is 22.3 Å². The van der Waals surface area contributed by atoms with E-state index in [0.717, 1.165) is 38.1 Å². The third kappa shape index (κ3) is 3.83. The van der Waals surface area contributed by atoms with E-state index in [9.17, 15) is 4.79 Å². The van der Waals surface area contributed by atoms with Crippen molar-refractivity contribution in [3.05, 3.63) is 61.9 Å². The lowest BCUT2D eigenvalue weighted by molar-refractivity contribution is -0.139. The van der Waals surface area contributed by atoms with Gasteiger partial charge in [0.25, 0.3) is 0 Å². The lowest BCUT2D eigenvalue weighted by Gasteiger charge is -2.13. The first kappa shape index (κ1) is 19.0. The van der Waals surface area contributed by atoms with Gasteiger partial charge in [0.05, 0.1) is 13.5 Å². The molecule has 0 aliphatic carbocycles. The van der Waals surface area contributed by atoms with Crippen LogP contribution in [0, 0.1) is 13.8 Å². The zero-order valence-corrected chi connectivity index (χ0v) is 17.0. The molecule has 0 N–H and O–H groups in total. The second-order valence-corrected chi connectivity index (χ2v) is 7.78. The minimum Gasteiger partial charge on any atom is -0.489 e. The van der Waals surface area contributed by atoms with E-state index in [4.69, 9.17) is 32.7 Å². The fourth-order valence-corrected chi connectivity index (χ4v) is 4.50. The van der Waals surface area contributed by atoms with Gasteiger partial charge in [-0.3, -0.25) is 4.79 Å². The second-order valence-electron chi connectivity index (χ2n) is 6.06. The Morgan fingerprint density at radius 1 is 1.15 bits per heavy atom. The minimum atomic E-state index is -0.237. The predicted molar refractivity (Wildman–Crippen MR) is 108 cm³/mol. The average Bonchev–Trinajstić information content (AvgIpc) is 3.02. The molecule has 0 unspecified atom stereocenters. The molecule has 1 heterocycles. The summed E-state index contributed by atoms with van der Waals surface area (Å²) in [4.78, 5) is 11.6. The molecule has 0 aliphatic rings. The van der Waals surface area contributed by atoms with Crippen molar-refractivity contribution in [2.45, 2.75) is 26.9 Å². The maximum Gasteiger partial charge on any atom is 0.310 e. The molecule has 0 spiro atoms. The molecule has 3 rings (SSSR count). The fraction of sp³-hybridized carbons (Fsp3) is 0.250. The molecule has 0 aliphatic heterocycles. The van der Waals surface area contributed by atoms with Crippen molar-refractivity contribution in [2.24, 2.45) is 0 Å². The van der Waals surface area contributed by atoms with E-state index in [1.54, 1.807) is 23.5 Å². The third-order valence-corrected chi connectivity index (χ3v) is 6.02. The fourth-order valence-electron chi connectivity index (χ4n) is 2.89. The van der Waals surface area contributed by atoms with E-state index in [0.29, 0.717) is 16.7 Å². The van der Waals surface area contributed by atoms with Crippen molar-refractivity contribution < 1.29 is 14.3 Å². The van der Waals surface area contributed by atoms with E-state index in [2.05, 4.69) is 0 Å². The molecule has 0 atom stereocenters. The summed E-state index contributed by atoms with van der Waals surface area (Å²) in [6, 6.07) is 7.38.